The van der Waals surface area contributed by atoms with Gasteiger partial charge in [-0.1, -0.05) is 0 Å². The number of hydrogen-bond acceptors (Lipinski definition) is 7. The first-order chi connectivity index (χ1) is 15.1. The molecular weight excluding hydrogens is 397 g/mol. The van der Waals surface area contributed by atoms with Gasteiger partial charge in [0.05, 0.1) is 29.3 Å². The largest absolute Gasteiger partial charge is 0.421 e. The van der Waals surface area contributed by atoms with E-state index in [1.165, 1.54) is 0 Å². The van der Waals surface area contributed by atoms with Crippen molar-refractivity contribution in [2.45, 2.75) is 25.7 Å². The minimum absolute atomic E-state index is 0.188. The molecule has 2 aliphatic rings. The van der Waals surface area contributed by atoms with Gasteiger partial charge in [-0.2, -0.15) is 9.97 Å². The van der Waals surface area contributed by atoms with Crippen LogP contribution in [0.1, 0.15) is 29.4 Å². The molecule has 0 unspecified atom stereocenters. The van der Waals surface area contributed by atoms with Crippen LogP contribution in [0.15, 0.2) is 18.5 Å². The zero-order valence-electron chi connectivity index (χ0n) is 17.3. The Kier molecular flexibility index (Phi) is 4.07. The van der Waals surface area contributed by atoms with Crippen LogP contribution in [0.3, 0.4) is 0 Å². The van der Waals surface area contributed by atoms with E-state index in [-0.39, 0.29) is 23.7 Å². The SMILES string of the molecule is CNc1cc(F)c2c3c1[nH]c1nc(Oc4cnc(C)nc4)nc(c13)[C@H]1CCNC[C@@H]1C2. The Morgan fingerprint density at radius 1 is 1.19 bits per heavy atom. The van der Waals surface area contributed by atoms with Crippen LogP contribution in [0, 0.1) is 18.7 Å². The summed E-state index contributed by atoms with van der Waals surface area (Å²) in [6.07, 6.45) is 4.82. The summed E-state index contributed by atoms with van der Waals surface area (Å²) in [6.45, 7) is 3.56. The molecule has 0 saturated carbocycles. The van der Waals surface area contributed by atoms with Crippen molar-refractivity contribution in [3.8, 4) is 11.8 Å². The van der Waals surface area contributed by atoms with Crippen molar-refractivity contribution in [1.29, 1.82) is 0 Å². The van der Waals surface area contributed by atoms with E-state index < -0.39 is 0 Å². The highest BCUT2D eigenvalue weighted by Gasteiger charge is 2.36. The van der Waals surface area contributed by atoms with E-state index >= 15 is 4.39 Å². The number of anilines is 1. The van der Waals surface area contributed by atoms with E-state index in [4.69, 9.17) is 9.72 Å². The van der Waals surface area contributed by atoms with Gasteiger partial charge in [-0.05, 0) is 50.4 Å². The second kappa shape index (κ2) is 6.84. The van der Waals surface area contributed by atoms with Crippen molar-refractivity contribution in [3.05, 3.63) is 41.4 Å². The van der Waals surface area contributed by atoms with Crippen LogP contribution in [-0.2, 0) is 6.42 Å². The maximum Gasteiger partial charge on any atom is 0.324 e. The number of H-pyrrole nitrogens is 1. The number of fused-ring (bicyclic) bond motifs is 2. The Morgan fingerprint density at radius 3 is 2.84 bits per heavy atom. The van der Waals surface area contributed by atoms with Crippen LogP contribution in [0.5, 0.6) is 11.8 Å². The number of nitrogens with zero attached hydrogens (tertiary/aromatic N) is 4. The normalized spacial score (nSPS) is 20.1. The van der Waals surface area contributed by atoms with Crippen LogP contribution in [-0.4, -0.2) is 45.1 Å². The van der Waals surface area contributed by atoms with E-state index in [1.54, 1.807) is 25.5 Å². The number of piperidine rings is 1. The van der Waals surface area contributed by atoms with Crippen molar-refractivity contribution in [1.82, 2.24) is 30.2 Å². The summed E-state index contributed by atoms with van der Waals surface area (Å²) in [5.41, 5.74) is 3.88. The second-order valence-electron chi connectivity index (χ2n) is 8.26. The number of aromatic nitrogens is 5. The molecule has 1 saturated heterocycles. The molecule has 4 heterocycles. The van der Waals surface area contributed by atoms with Crippen molar-refractivity contribution in [3.63, 3.8) is 0 Å². The summed E-state index contributed by atoms with van der Waals surface area (Å²) < 4.78 is 21.1. The highest BCUT2D eigenvalue weighted by molar-refractivity contribution is 6.13. The molecule has 1 aliphatic heterocycles. The topological polar surface area (TPSA) is 101 Å². The Hall–Kier alpha value is -3.33. The third kappa shape index (κ3) is 2.83. The van der Waals surface area contributed by atoms with Crippen molar-refractivity contribution in [2.75, 3.05) is 25.5 Å². The summed E-state index contributed by atoms with van der Waals surface area (Å²) in [4.78, 5) is 21.3. The van der Waals surface area contributed by atoms with E-state index in [9.17, 15) is 0 Å². The smallest absolute Gasteiger partial charge is 0.324 e. The van der Waals surface area contributed by atoms with Gasteiger partial charge < -0.3 is 20.4 Å². The summed E-state index contributed by atoms with van der Waals surface area (Å²) in [7, 11) is 1.79. The van der Waals surface area contributed by atoms with E-state index in [0.29, 0.717) is 29.3 Å². The summed E-state index contributed by atoms with van der Waals surface area (Å²) >= 11 is 0. The molecule has 1 aliphatic carbocycles. The van der Waals surface area contributed by atoms with Gasteiger partial charge in [0.15, 0.2) is 5.75 Å². The molecule has 9 heteroatoms. The summed E-state index contributed by atoms with van der Waals surface area (Å²) in [6, 6.07) is 1.81. The summed E-state index contributed by atoms with van der Waals surface area (Å²) in [5, 5.41) is 8.36. The average molecular weight is 419 g/mol. The van der Waals surface area contributed by atoms with Crippen LogP contribution < -0.4 is 15.4 Å². The van der Waals surface area contributed by atoms with Crippen LogP contribution in [0.25, 0.3) is 21.9 Å². The molecule has 0 radical (unpaired) electrons. The van der Waals surface area contributed by atoms with E-state index in [2.05, 4.69) is 30.6 Å². The zero-order chi connectivity index (χ0) is 21.1. The van der Waals surface area contributed by atoms with Gasteiger partial charge in [0.1, 0.15) is 17.3 Å². The van der Waals surface area contributed by atoms with Crippen molar-refractivity contribution >= 4 is 27.6 Å². The van der Waals surface area contributed by atoms with Crippen LogP contribution >= 0.6 is 0 Å². The number of nitrogens with one attached hydrogen (secondary N) is 3. The number of hydrogen-bond donors (Lipinski definition) is 3. The molecule has 3 aromatic heterocycles. The first-order valence-corrected chi connectivity index (χ1v) is 10.5. The number of ether oxygens (including phenoxy) is 1. The minimum atomic E-state index is -0.188. The van der Waals surface area contributed by atoms with Gasteiger partial charge in [-0.25, -0.2) is 14.4 Å². The molecular formula is C22H22FN7O. The summed E-state index contributed by atoms with van der Waals surface area (Å²) in [5.74, 6) is 1.41. The number of halogens is 1. The van der Waals surface area contributed by atoms with Gasteiger partial charge in [0.2, 0.25) is 0 Å². The molecule has 2 atom stereocenters. The third-order valence-corrected chi connectivity index (χ3v) is 6.45. The van der Waals surface area contributed by atoms with Gasteiger partial charge in [0, 0.05) is 23.7 Å². The first-order valence-electron chi connectivity index (χ1n) is 10.5. The van der Waals surface area contributed by atoms with Gasteiger partial charge in [-0.3, -0.25) is 0 Å². The Labute approximate surface area is 177 Å². The molecule has 0 bridgehead atoms. The predicted octanol–water partition coefficient (Wildman–Crippen LogP) is 3.43. The first kappa shape index (κ1) is 18.4. The van der Waals surface area contributed by atoms with Crippen molar-refractivity contribution in [2.24, 2.45) is 5.92 Å². The van der Waals surface area contributed by atoms with Gasteiger partial charge >= 0.3 is 6.01 Å². The highest BCUT2D eigenvalue weighted by atomic mass is 19.1. The minimum Gasteiger partial charge on any atom is -0.421 e. The number of benzene rings is 1. The lowest BCUT2D eigenvalue weighted by Gasteiger charge is -2.31. The molecule has 1 aromatic carbocycles. The molecule has 1 fully saturated rings. The molecule has 4 aromatic rings. The average Bonchev–Trinajstić information content (AvgIpc) is 3.08. The van der Waals surface area contributed by atoms with E-state index in [0.717, 1.165) is 47.1 Å². The number of aromatic amines is 1. The third-order valence-electron chi connectivity index (χ3n) is 6.45. The quantitative estimate of drug-likeness (QED) is 0.468. The zero-order valence-corrected chi connectivity index (χ0v) is 17.3. The standard InChI is InChI=1S/C22H22FN7O/c1-10-26-8-12(9-27-10)31-22-29-19-13-3-4-25-7-11(13)5-14-15(23)6-16(24-2)20-17(14)18(19)21(28-20)30-22/h6,8-9,11,13,24-25H,3-5,7H2,1-2H3,(H,28,29,30)/t11-,13-/m0/s1. The van der Waals surface area contributed by atoms with E-state index in [1.807, 2.05) is 6.92 Å². The fourth-order valence-corrected chi connectivity index (χ4v) is 5.02. The molecule has 31 heavy (non-hydrogen) atoms. The molecule has 3 N–H and O–H groups in total. The van der Waals surface area contributed by atoms with Crippen molar-refractivity contribution < 1.29 is 9.13 Å². The fourth-order valence-electron chi connectivity index (χ4n) is 5.02. The molecule has 0 spiro atoms. The second-order valence-corrected chi connectivity index (χ2v) is 8.26. The number of rotatable bonds is 3. The van der Waals surface area contributed by atoms with Crippen LogP contribution in [0.4, 0.5) is 10.1 Å². The fraction of sp³-hybridized carbons (Fsp3) is 0.364. The molecule has 8 nitrogen and oxygen atoms in total. The lowest BCUT2D eigenvalue weighted by Crippen LogP contribution is -2.36. The Bertz CT molecular complexity index is 1320. The lowest BCUT2D eigenvalue weighted by atomic mass is 9.81. The Morgan fingerprint density at radius 2 is 2.03 bits per heavy atom. The lowest BCUT2D eigenvalue weighted by molar-refractivity contribution is 0.317. The molecule has 158 valence electrons. The molecule has 6 rings (SSSR count). The van der Waals surface area contributed by atoms with Crippen LogP contribution in [0.2, 0.25) is 0 Å². The van der Waals surface area contributed by atoms with Gasteiger partial charge in [-0.15, -0.1) is 0 Å². The maximum absolute atomic E-state index is 15.2. The van der Waals surface area contributed by atoms with Gasteiger partial charge in [0.25, 0.3) is 0 Å². The highest BCUT2D eigenvalue weighted by Crippen LogP contribution is 2.46. The Balaban J connectivity index is 1.62. The predicted molar refractivity (Wildman–Crippen MR) is 115 cm³/mol. The number of aryl methyl sites for hydroxylation is 1. The maximum atomic E-state index is 15.2. The monoisotopic (exact) mass is 419 g/mol. The molecule has 0 amide bonds.